The van der Waals surface area contributed by atoms with E-state index in [4.69, 9.17) is 0 Å². The zero-order valence-electron chi connectivity index (χ0n) is 13.3. The summed E-state index contributed by atoms with van der Waals surface area (Å²) in [6, 6.07) is 6.80. The number of nitrogens with zero attached hydrogens (tertiary/aromatic N) is 1. The molecule has 0 saturated carbocycles. The van der Waals surface area contributed by atoms with E-state index in [1.54, 1.807) is 12.1 Å². The highest BCUT2D eigenvalue weighted by Gasteiger charge is 2.12. The van der Waals surface area contributed by atoms with Crippen LogP contribution in [0.15, 0.2) is 24.3 Å². The van der Waals surface area contributed by atoms with Gasteiger partial charge in [-0.1, -0.05) is 12.1 Å². The monoisotopic (exact) mass is 295 g/mol. The number of carbonyl (C=O) groups is 1. The Bertz CT molecular complexity index is 424. The second kappa shape index (κ2) is 8.62. The summed E-state index contributed by atoms with van der Waals surface area (Å²) >= 11 is 0. The molecule has 1 aromatic carbocycles. The topological polar surface area (TPSA) is 44.4 Å². The molecule has 0 radical (unpaired) electrons. The Hall–Kier alpha value is -1.62. The van der Waals surface area contributed by atoms with Crippen LogP contribution in [0.4, 0.5) is 9.18 Å². The highest BCUT2D eigenvalue weighted by molar-refractivity contribution is 5.73. The lowest BCUT2D eigenvalue weighted by molar-refractivity contribution is 0.175. The summed E-state index contributed by atoms with van der Waals surface area (Å²) in [5, 5.41) is 5.60. The molecule has 0 aliphatic carbocycles. The first-order valence-electron chi connectivity index (χ1n) is 7.42. The first-order valence-corrected chi connectivity index (χ1v) is 7.42. The van der Waals surface area contributed by atoms with E-state index in [9.17, 15) is 9.18 Å². The summed E-state index contributed by atoms with van der Waals surface area (Å²) < 4.78 is 12.8. The van der Waals surface area contributed by atoms with Gasteiger partial charge in [-0.25, -0.2) is 9.18 Å². The van der Waals surface area contributed by atoms with Crippen LogP contribution in [0.25, 0.3) is 0 Å². The Labute approximate surface area is 126 Å². The van der Waals surface area contributed by atoms with Crippen LogP contribution in [0, 0.1) is 5.82 Å². The normalized spacial score (nSPS) is 11.2. The highest BCUT2D eigenvalue weighted by Crippen LogP contribution is 2.03. The number of benzene rings is 1. The summed E-state index contributed by atoms with van der Waals surface area (Å²) in [6.07, 6.45) is 0. The molecule has 118 valence electrons. The Kier molecular flexibility index (Phi) is 7.15. The fourth-order valence-electron chi connectivity index (χ4n) is 2.26. The minimum absolute atomic E-state index is 0.202. The van der Waals surface area contributed by atoms with Crippen LogP contribution in [-0.2, 0) is 6.54 Å². The molecular formula is C16H26FN3O. The quantitative estimate of drug-likeness (QED) is 0.812. The molecule has 0 aliphatic rings. The van der Waals surface area contributed by atoms with E-state index < -0.39 is 0 Å². The number of halogens is 1. The van der Waals surface area contributed by atoms with E-state index in [0.29, 0.717) is 25.2 Å². The maximum absolute atomic E-state index is 12.8. The molecule has 1 aromatic rings. The summed E-state index contributed by atoms with van der Waals surface area (Å²) in [4.78, 5) is 14.0. The SMILES string of the molecule is CC(C)N(CCNC(=O)NCc1ccc(F)cc1)C(C)C. The van der Waals surface area contributed by atoms with Crippen molar-refractivity contribution >= 4 is 6.03 Å². The number of hydrogen-bond acceptors (Lipinski definition) is 2. The van der Waals surface area contributed by atoms with Crippen molar-refractivity contribution in [3.63, 3.8) is 0 Å². The lowest BCUT2D eigenvalue weighted by atomic mass is 10.2. The van der Waals surface area contributed by atoms with Crippen molar-refractivity contribution in [3.8, 4) is 0 Å². The Morgan fingerprint density at radius 1 is 1.10 bits per heavy atom. The van der Waals surface area contributed by atoms with E-state index in [1.807, 2.05) is 0 Å². The second-order valence-corrected chi connectivity index (χ2v) is 5.66. The number of rotatable bonds is 7. The number of urea groups is 1. The first-order chi connectivity index (χ1) is 9.90. The Morgan fingerprint density at radius 3 is 2.19 bits per heavy atom. The zero-order valence-corrected chi connectivity index (χ0v) is 13.3. The second-order valence-electron chi connectivity index (χ2n) is 5.66. The van der Waals surface area contributed by atoms with Crippen LogP contribution >= 0.6 is 0 Å². The molecule has 2 N–H and O–H groups in total. The van der Waals surface area contributed by atoms with Crippen LogP contribution in [0.2, 0.25) is 0 Å². The van der Waals surface area contributed by atoms with Crippen LogP contribution in [0.5, 0.6) is 0 Å². The number of carbonyl (C=O) groups excluding carboxylic acids is 1. The minimum atomic E-state index is -0.273. The van der Waals surface area contributed by atoms with Gasteiger partial charge in [0.25, 0.3) is 0 Å². The average molecular weight is 295 g/mol. The standard InChI is InChI=1S/C16H26FN3O/c1-12(2)20(13(3)4)10-9-18-16(21)19-11-14-5-7-15(17)8-6-14/h5-8,12-13H,9-11H2,1-4H3,(H2,18,19,21). The zero-order chi connectivity index (χ0) is 15.8. The number of amides is 2. The van der Waals surface area contributed by atoms with Gasteiger partial charge in [0.05, 0.1) is 0 Å². The molecule has 0 atom stereocenters. The van der Waals surface area contributed by atoms with Gasteiger partial charge in [0.15, 0.2) is 0 Å². The van der Waals surface area contributed by atoms with Gasteiger partial charge in [-0.05, 0) is 45.4 Å². The first kappa shape index (κ1) is 17.4. The third-order valence-electron chi connectivity index (χ3n) is 3.35. The van der Waals surface area contributed by atoms with Gasteiger partial charge in [-0.3, -0.25) is 4.90 Å². The Morgan fingerprint density at radius 2 is 1.67 bits per heavy atom. The van der Waals surface area contributed by atoms with E-state index in [0.717, 1.165) is 12.1 Å². The van der Waals surface area contributed by atoms with E-state index in [2.05, 4.69) is 43.2 Å². The summed E-state index contributed by atoms with van der Waals surface area (Å²) in [6.45, 7) is 10.4. The van der Waals surface area contributed by atoms with Crippen molar-refractivity contribution < 1.29 is 9.18 Å². The molecule has 0 unspecified atom stereocenters. The van der Waals surface area contributed by atoms with Crippen molar-refractivity contribution in [2.75, 3.05) is 13.1 Å². The van der Waals surface area contributed by atoms with Crippen LogP contribution in [0.1, 0.15) is 33.3 Å². The maximum atomic E-state index is 12.8. The van der Waals surface area contributed by atoms with Crippen LogP contribution < -0.4 is 10.6 Å². The van der Waals surface area contributed by atoms with Gasteiger partial charge in [0.2, 0.25) is 0 Å². The molecule has 0 fully saturated rings. The van der Waals surface area contributed by atoms with Crippen molar-refractivity contribution in [2.24, 2.45) is 0 Å². The van der Waals surface area contributed by atoms with Gasteiger partial charge in [0.1, 0.15) is 5.82 Å². The van der Waals surface area contributed by atoms with E-state index in [-0.39, 0.29) is 11.8 Å². The van der Waals surface area contributed by atoms with Crippen LogP contribution in [-0.4, -0.2) is 36.1 Å². The summed E-state index contributed by atoms with van der Waals surface area (Å²) in [5.41, 5.74) is 0.873. The molecule has 4 nitrogen and oxygen atoms in total. The van der Waals surface area contributed by atoms with E-state index in [1.165, 1.54) is 12.1 Å². The minimum Gasteiger partial charge on any atom is -0.337 e. The fraction of sp³-hybridized carbons (Fsp3) is 0.562. The van der Waals surface area contributed by atoms with Gasteiger partial charge in [-0.15, -0.1) is 0 Å². The van der Waals surface area contributed by atoms with Gasteiger partial charge < -0.3 is 10.6 Å². The molecule has 5 heteroatoms. The van der Waals surface area contributed by atoms with E-state index >= 15 is 0 Å². The fourth-order valence-corrected chi connectivity index (χ4v) is 2.26. The third-order valence-corrected chi connectivity index (χ3v) is 3.35. The predicted molar refractivity (Wildman–Crippen MR) is 83.6 cm³/mol. The van der Waals surface area contributed by atoms with Crippen molar-refractivity contribution in [1.82, 2.24) is 15.5 Å². The third kappa shape index (κ3) is 6.58. The maximum Gasteiger partial charge on any atom is 0.315 e. The van der Waals surface area contributed by atoms with Gasteiger partial charge in [0, 0.05) is 31.7 Å². The summed E-state index contributed by atoms with van der Waals surface area (Å²) in [7, 11) is 0. The molecular weight excluding hydrogens is 269 g/mol. The molecule has 0 bridgehead atoms. The lowest BCUT2D eigenvalue weighted by Gasteiger charge is -2.30. The van der Waals surface area contributed by atoms with Gasteiger partial charge in [-0.2, -0.15) is 0 Å². The molecule has 0 aromatic heterocycles. The Balaban J connectivity index is 2.26. The smallest absolute Gasteiger partial charge is 0.315 e. The lowest BCUT2D eigenvalue weighted by Crippen LogP contribution is -2.44. The highest BCUT2D eigenvalue weighted by atomic mass is 19.1. The average Bonchev–Trinajstić information content (AvgIpc) is 2.42. The molecule has 21 heavy (non-hydrogen) atoms. The molecule has 0 heterocycles. The molecule has 1 rings (SSSR count). The molecule has 2 amide bonds. The number of hydrogen-bond donors (Lipinski definition) is 2. The van der Waals surface area contributed by atoms with Crippen LogP contribution in [0.3, 0.4) is 0 Å². The van der Waals surface area contributed by atoms with Gasteiger partial charge >= 0.3 is 6.03 Å². The summed E-state index contributed by atoms with van der Waals surface area (Å²) in [5.74, 6) is -0.273. The number of nitrogens with one attached hydrogen (secondary N) is 2. The molecule has 0 saturated heterocycles. The predicted octanol–water partition coefficient (Wildman–Crippen LogP) is 2.74. The molecule has 0 aliphatic heterocycles. The molecule has 0 spiro atoms. The largest absolute Gasteiger partial charge is 0.337 e. The van der Waals surface area contributed by atoms with Crippen molar-refractivity contribution in [1.29, 1.82) is 0 Å². The van der Waals surface area contributed by atoms with Crippen molar-refractivity contribution in [2.45, 2.75) is 46.3 Å². The van der Waals surface area contributed by atoms with Crippen molar-refractivity contribution in [3.05, 3.63) is 35.6 Å².